The van der Waals surface area contributed by atoms with Crippen LogP contribution in [-0.4, -0.2) is 24.7 Å². The number of carbonyl (C=O) groups excluding carboxylic acids is 2. The van der Waals surface area contributed by atoms with E-state index in [1.54, 1.807) is 54.2 Å². The van der Waals surface area contributed by atoms with Crippen molar-refractivity contribution in [1.82, 2.24) is 10.9 Å². The molecule has 7 heteroatoms. The van der Waals surface area contributed by atoms with Crippen molar-refractivity contribution in [3.63, 3.8) is 0 Å². The largest absolute Gasteiger partial charge is 0.482 e. The Morgan fingerprint density at radius 3 is 2.72 bits per heavy atom. The van der Waals surface area contributed by atoms with E-state index in [9.17, 15) is 9.59 Å². The van der Waals surface area contributed by atoms with Crippen molar-refractivity contribution < 1.29 is 14.3 Å². The van der Waals surface area contributed by atoms with Crippen LogP contribution in [0.25, 0.3) is 0 Å². The summed E-state index contributed by atoms with van der Waals surface area (Å²) in [6, 6.07) is 15.8. The summed E-state index contributed by atoms with van der Waals surface area (Å²) in [4.78, 5) is 23.8. The average Bonchev–Trinajstić information content (AvgIpc) is 2.65. The summed E-state index contributed by atoms with van der Waals surface area (Å²) >= 11 is 1.66. The van der Waals surface area contributed by atoms with E-state index >= 15 is 0 Å². The van der Waals surface area contributed by atoms with Crippen LogP contribution in [0.1, 0.15) is 21.5 Å². The number of hydrogen-bond donors (Lipinski definition) is 2. The van der Waals surface area contributed by atoms with Crippen LogP contribution in [0.15, 0.2) is 48.5 Å². The summed E-state index contributed by atoms with van der Waals surface area (Å²) in [5, 5.41) is 8.96. The van der Waals surface area contributed by atoms with Crippen molar-refractivity contribution >= 4 is 23.6 Å². The molecule has 0 saturated heterocycles. The molecule has 128 valence electrons. The van der Waals surface area contributed by atoms with Gasteiger partial charge in [0, 0.05) is 11.3 Å². The predicted octanol–water partition coefficient (Wildman–Crippen LogP) is 2.26. The van der Waals surface area contributed by atoms with Gasteiger partial charge in [-0.05, 0) is 36.1 Å². The Morgan fingerprint density at radius 1 is 1.16 bits per heavy atom. The lowest BCUT2D eigenvalue weighted by Crippen LogP contribution is -2.43. The summed E-state index contributed by atoms with van der Waals surface area (Å²) in [6.07, 6.45) is 1.98. The molecule has 0 aliphatic carbocycles. The first-order valence-corrected chi connectivity index (χ1v) is 8.82. The maximum atomic E-state index is 12.1. The van der Waals surface area contributed by atoms with Crippen LogP contribution in [0, 0.1) is 11.3 Å². The highest BCUT2D eigenvalue weighted by molar-refractivity contribution is 7.97. The third kappa shape index (κ3) is 5.55. The Labute approximate surface area is 150 Å². The first-order chi connectivity index (χ1) is 12.1. The minimum atomic E-state index is -0.527. The zero-order valence-corrected chi connectivity index (χ0v) is 14.4. The molecule has 25 heavy (non-hydrogen) atoms. The molecule has 2 N–H and O–H groups in total. The zero-order valence-electron chi connectivity index (χ0n) is 13.6. The Kier molecular flexibility index (Phi) is 6.87. The molecular weight excluding hydrogens is 338 g/mol. The molecule has 0 aromatic heterocycles. The van der Waals surface area contributed by atoms with E-state index < -0.39 is 11.8 Å². The Bertz CT molecular complexity index is 802. The van der Waals surface area contributed by atoms with Gasteiger partial charge in [-0.2, -0.15) is 17.0 Å². The number of hydrogen-bond acceptors (Lipinski definition) is 5. The van der Waals surface area contributed by atoms with Crippen molar-refractivity contribution in [2.45, 2.75) is 5.75 Å². The molecule has 0 heterocycles. The summed E-state index contributed by atoms with van der Waals surface area (Å²) in [5.74, 6) is 0.186. The lowest BCUT2D eigenvalue weighted by molar-refractivity contribution is -0.123. The van der Waals surface area contributed by atoms with Crippen LogP contribution < -0.4 is 15.6 Å². The third-order valence-electron chi connectivity index (χ3n) is 3.18. The second-order valence-electron chi connectivity index (χ2n) is 5.03. The fourth-order valence-corrected chi connectivity index (χ4v) is 2.54. The van der Waals surface area contributed by atoms with Crippen LogP contribution >= 0.6 is 11.8 Å². The third-order valence-corrected chi connectivity index (χ3v) is 3.80. The number of rotatable bonds is 6. The van der Waals surface area contributed by atoms with E-state index in [0.717, 1.165) is 11.3 Å². The molecule has 0 fully saturated rings. The van der Waals surface area contributed by atoms with Gasteiger partial charge in [0.15, 0.2) is 6.61 Å². The summed E-state index contributed by atoms with van der Waals surface area (Å²) in [7, 11) is 0. The molecular formula is C18H17N3O3S. The van der Waals surface area contributed by atoms with Crippen LogP contribution in [0.4, 0.5) is 0 Å². The lowest BCUT2D eigenvalue weighted by Gasteiger charge is -2.10. The molecule has 6 nitrogen and oxygen atoms in total. The van der Waals surface area contributed by atoms with Gasteiger partial charge in [-0.25, -0.2) is 0 Å². The number of para-hydroxylation sites is 1. The summed E-state index contributed by atoms with van der Waals surface area (Å²) < 4.78 is 5.29. The minimum absolute atomic E-state index is 0.314. The quantitative estimate of drug-likeness (QED) is 0.776. The van der Waals surface area contributed by atoms with Gasteiger partial charge in [0.05, 0.1) is 5.56 Å². The molecule has 2 rings (SSSR count). The molecule has 0 radical (unpaired) electrons. The number of hydrazine groups is 1. The van der Waals surface area contributed by atoms with E-state index in [4.69, 9.17) is 10.00 Å². The van der Waals surface area contributed by atoms with Gasteiger partial charge < -0.3 is 4.74 Å². The average molecular weight is 355 g/mol. The maximum Gasteiger partial charge on any atom is 0.276 e. The fourth-order valence-electron chi connectivity index (χ4n) is 2.03. The van der Waals surface area contributed by atoms with Crippen molar-refractivity contribution in [3.05, 3.63) is 65.2 Å². The van der Waals surface area contributed by atoms with E-state index in [2.05, 4.69) is 10.9 Å². The SMILES string of the molecule is CSCc1cccc(C(=O)NNC(=O)COc2ccccc2C#N)c1. The first-order valence-electron chi connectivity index (χ1n) is 7.43. The van der Waals surface area contributed by atoms with Crippen molar-refractivity contribution in [3.8, 4) is 11.8 Å². The van der Waals surface area contributed by atoms with E-state index in [0.29, 0.717) is 16.9 Å². The number of ether oxygens (including phenoxy) is 1. The molecule has 0 bridgehead atoms. The summed E-state index contributed by atoms with van der Waals surface area (Å²) in [5.41, 5.74) is 6.46. The van der Waals surface area contributed by atoms with Gasteiger partial charge in [0.25, 0.3) is 11.8 Å². The number of amides is 2. The maximum absolute atomic E-state index is 12.1. The number of nitrogens with zero attached hydrogens (tertiary/aromatic N) is 1. The van der Waals surface area contributed by atoms with Gasteiger partial charge in [0.2, 0.25) is 0 Å². The monoisotopic (exact) mass is 355 g/mol. The molecule has 0 saturated carbocycles. The van der Waals surface area contributed by atoms with E-state index in [1.165, 1.54) is 0 Å². The minimum Gasteiger partial charge on any atom is -0.482 e. The number of benzene rings is 2. The van der Waals surface area contributed by atoms with Crippen LogP contribution in [-0.2, 0) is 10.5 Å². The second kappa shape index (κ2) is 9.35. The molecule has 0 aliphatic rings. The Morgan fingerprint density at radius 2 is 1.96 bits per heavy atom. The van der Waals surface area contributed by atoms with Crippen molar-refractivity contribution in [2.75, 3.05) is 12.9 Å². The normalized spacial score (nSPS) is 9.76. The van der Waals surface area contributed by atoms with Crippen LogP contribution in [0.3, 0.4) is 0 Å². The van der Waals surface area contributed by atoms with Crippen LogP contribution in [0.5, 0.6) is 5.75 Å². The first kappa shape index (κ1) is 18.4. The van der Waals surface area contributed by atoms with E-state index in [-0.39, 0.29) is 6.61 Å². The number of nitrogens with one attached hydrogen (secondary N) is 2. The summed E-state index contributed by atoms with van der Waals surface area (Å²) in [6.45, 7) is -0.314. The van der Waals surface area contributed by atoms with Gasteiger partial charge in [-0.3, -0.25) is 20.4 Å². The van der Waals surface area contributed by atoms with E-state index in [1.807, 2.05) is 18.4 Å². The number of thioether (sulfide) groups is 1. The predicted molar refractivity (Wildman–Crippen MR) is 95.9 cm³/mol. The highest BCUT2D eigenvalue weighted by Gasteiger charge is 2.09. The Hall–Kier alpha value is -2.98. The highest BCUT2D eigenvalue weighted by atomic mass is 32.2. The molecule has 2 amide bonds. The van der Waals surface area contributed by atoms with Gasteiger partial charge >= 0.3 is 0 Å². The number of carbonyl (C=O) groups is 2. The smallest absolute Gasteiger partial charge is 0.276 e. The topological polar surface area (TPSA) is 91.2 Å². The standard InChI is InChI=1S/C18H17N3O3S/c1-25-12-13-5-4-7-14(9-13)18(23)21-20-17(22)11-24-16-8-3-2-6-15(16)10-19/h2-9H,11-12H2,1H3,(H,20,22)(H,21,23). The number of nitriles is 1. The lowest BCUT2D eigenvalue weighted by atomic mass is 10.1. The molecule has 2 aromatic rings. The molecule has 0 aliphatic heterocycles. The zero-order chi connectivity index (χ0) is 18.1. The van der Waals surface area contributed by atoms with Crippen LogP contribution in [0.2, 0.25) is 0 Å². The fraction of sp³-hybridized carbons (Fsp3) is 0.167. The van der Waals surface area contributed by atoms with Crippen molar-refractivity contribution in [2.24, 2.45) is 0 Å². The molecule has 2 aromatic carbocycles. The molecule has 0 atom stereocenters. The second-order valence-corrected chi connectivity index (χ2v) is 5.90. The molecule has 0 spiro atoms. The van der Waals surface area contributed by atoms with Gasteiger partial charge in [0.1, 0.15) is 11.8 Å². The van der Waals surface area contributed by atoms with Crippen molar-refractivity contribution in [1.29, 1.82) is 5.26 Å². The van der Waals surface area contributed by atoms with Gasteiger partial charge in [-0.1, -0.05) is 24.3 Å². The Balaban J connectivity index is 1.84. The highest BCUT2D eigenvalue weighted by Crippen LogP contribution is 2.16. The van der Waals surface area contributed by atoms with Gasteiger partial charge in [-0.15, -0.1) is 0 Å². The molecule has 0 unspecified atom stereocenters.